The molecule has 0 radical (unpaired) electrons. The van der Waals surface area contributed by atoms with Gasteiger partial charge in [-0.25, -0.2) is 8.42 Å². The summed E-state index contributed by atoms with van der Waals surface area (Å²) in [6.45, 7) is 0.572. The molecule has 88 valence electrons. The molecule has 7 heteroatoms. The smallest absolute Gasteiger partial charge is 0.207 e. The molecule has 1 fully saturated rings. The fourth-order valence-electron chi connectivity index (χ4n) is 1.35. The third kappa shape index (κ3) is 1.92. The fraction of sp³-hybridized carbons (Fsp3) is 0.333. The first kappa shape index (κ1) is 11.4. The molecule has 1 aromatic rings. The molecule has 3 nitrogen and oxygen atoms in total. The number of hydrogen-bond acceptors (Lipinski definition) is 2. The monoisotopic (exact) mass is 251 g/mol. The van der Waals surface area contributed by atoms with E-state index in [9.17, 15) is 21.6 Å². The minimum Gasteiger partial charge on any atom is -0.207 e. The van der Waals surface area contributed by atoms with Crippen molar-refractivity contribution in [3.05, 3.63) is 29.8 Å². The van der Waals surface area contributed by atoms with E-state index in [4.69, 9.17) is 0 Å². The summed E-state index contributed by atoms with van der Waals surface area (Å²) >= 11 is 0. The van der Waals surface area contributed by atoms with E-state index in [-0.39, 0.29) is 13.1 Å². The molecule has 0 unspecified atom stereocenters. The van der Waals surface area contributed by atoms with E-state index in [1.165, 1.54) is 12.1 Å². The van der Waals surface area contributed by atoms with E-state index >= 15 is 0 Å². The van der Waals surface area contributed by atoms with Gasteiger partial charge in [0.15, 0.2) is 0 Å². The number of hydrogen-bond donors (Lipinski definition) is 0. The van der Waals surface area contributed by atoms with Crippen molar-refractivity contribution in [3.63, 3.8) is 0 Å². The number of nitrogens with zero attached hydrogens (tertiary/aromatic N) is 1. The van der Waals surface area contributed by atoms with Crippen LogP contribution in [0, 0.1) is 0 Å². The van der Waals surface area contributed by atoms with Crippen LogP contribution in [0.25, 0.3) is 0 Å². The maximum Gasteiger partial charge on any atom is 0.417 e. The van der Waals surface area contributed by atoms with Gasteiger partial charge in [-0.2, -0.15) is 17.5 Å². The average Bonchev–Trinajstić information content (AvgIpc) is 2.99. The van der Waals surface area contributed by atoms with Crippen LogP contribution in [0.5, 0.6) is 0 Å². The first-order valence-electron chi connectivity index (χ1n) is 4.50. The minimum atomic E-state index is -4.65. The van der Waals surface area contributed by atoms with E-state index in [0.29, 0.717) is 0 Å². The Kier molecular flexibility index (Phi) is 2.47. The van der Waals surface area contributed by atoms with Gasteiger partial charge < -0.3 is 0 Å². The fourth-order valence-corrected chi connectivity index (χ4v) is 2.90. The Hall–Kier alpha value is -1.08. The normalized spacial score (nSPS) is 17.4. The number of benzene rings is 1. The second kappa shape index (κ2) is 3.46. The zero-order valence-corrected chi connectivity index (χ0v) is 8.85. The van der Waals surface area contributed by atoms with Crippen LogP contribution in [-0.4, -0.2) is 25.8 Å². The second-order valence-corrected chi connectivity index (χ2v) is 5.30. The number of alkyl halides is 3. The second-order valence-electron chi connectivity index (χ2n) is 3.40. The minimum absolute atomic E-state index is 0.286. The van der Waals surface area contributed by atoms with Crippen LogP contribution < -0.4 is 0 Å². The Morgan fingerprint density at radius 3 is 2.19 bits per heavy atom. The molecule has 0 bridgehead atoms. The molecule has 0 N–H and O–H groups in total. The third-order valence-electron chi connectivity index (χ3n) is 2.22. The topological polar surface area (TPSA) is 37.1 Å². The number of rotatable bonds is 2. The Balaban J connectivity index is 2.57. The summed E-state index contributed by atoms with van der Waals surface area (Å²) in [5, 5.41) is 0. The SMILES string of the molecule is O=S(=O)(c1ccccc1C(F)(F)F)N1CC1. The summed E-state index contributed by atoms with van der Waals surface area (Å²) in [6, 6.07) is 4.21. The highest BCUT2D eigenvalue weighted by Crippen LogP contribution is 2.36. The summed E-state index contributed by atoms with van der Waals surface area (Å²) in [4.78, 5) is -0.667. The van der Waals surface area contributed by atoms with Gasteiger partial charge in [0.05, 0.1) is 10.5 Å². The van der Waals surface area contributed by atoms with Gasteiger partial charge in [0.25, 0.3) is 0 Å². The van der Waals surface area contributed by atoms with Crippen LogP contribution in [-0.2, 0) is 16.2 Å². The predicted molar refractivity (Wildman–Crippen MR) is 50.2 cm³/mol. The van der Waals surface area contributed by atoms with Crippen molar-refractivity contribution in [2.75, 3.05) is 13.1 Å². The Morgan fingerprint density at radius 1 is 1.12 bits per heavy atom. The van der Waals surface area contributed by atoms with Crippen molar-refractivity contribution in [3.8, 4) is 0 Å². The van der Waals surface area contributed by atoms with Crippen LogP contribution in [0.1, 0.15) is 5.56 Å². The molecule has 0 aliphatic carbocycles. The van der Waals surface area contributed by atoms with Gasteiger partial charge in [-0.05, 0) is 12.1 Å². The Labute approximate surface area is 90.5 Å². The average molecular weight is 251 g/mol. The van der Waals surface area contributed by atoms with Crippen molar-refractivity contribution in [1.82, 2.24) is 4.31 Å². The maximum atomic E-state index is 12.6. The Bertz CT molecular complexity index is 506. The molecule has 16 heavy (non-hydrogen) atoms. The van der Waals surface area contributed by atoms with Gasteiger partial charge in [0.2, 0.25) is 10.0 Å². The predicted octanol–water partition coefficient (Wildman–Crippen LogP) is 1.71. The molecule has 0 spiro atoms. The van der Waals surface area contributed by atoms with E-state index in [0.717, 1.165) is 16.4 Å². The summed E-state index contributed by atoms with van der Waals surface area (Å²) in [5.41, 5.74) is -1.11. The van der Waals surface area contributed by atoms with Crippen LogP contribution in [0.3, 0.4) is 0 Å². The summed E-state index contributed by atoms with van der Waals surface area (Å²) < 4.78 is 62.1. The lowest BCUT2D eigenvalue weighted by Crippen LogP contribution is -2.18. The van der Waals surface area contributed by atoms with Crippen LogP contribution in [0.2, 0.25) is 0 Å². The lowest BCUT2D eigenvalue weighted by molar-refractivity contribution is -0.139. The van der Waals surface area contributed by atoms with E-state index < -0.39 is 26.7 Å². The van der Waals surface area contributed by atoms with Crippen molar-refractivity contribution in [2.45, 2.75) is 11.1 Å². The van der Waals surface area contributed by atoms with Crippen LogP contribution in [0.15, 0.2) is 29.2 Å². The van der Waals surface area contributed by atoms with E-state index in [1.807, 2.05) is 0 Å². The third-order valence-corrected chi connectivity index (χ3v) is 4.17. The van der Waals surface area contributed by atoms with Crippen molar-refractivity contribution in [2.24, 2.45) is 0 Å². The summed E-state index contributed by atoms with van der Waals surface area (Å²) in [7, 11) is -3.97. The molecule has 1 saturated heterocycles. The standard InChI is InChI=1S/C9H8F3NO2S/c10-9(11,12)7-3-1-2-4-8(7)16(14,15)13-5-6-13/h1-4H,5-6H2. The highest BCUT2D eigenvalue weighted by atomic mass is 32.2. The van der Waals surface area contributed by atoms with Gasteiger partial charge in [0, 0.05) is 13.1 Å². The zero-order chi connectivity index (χ0) is 12.0. The molecule has 1 aliphatic heterocycles. The molecule has 0 atom stereocenters. The van der Waals surface area contributed by atoms with Gasteiger partial charge in [-0.1, -0.05) is 12.1 Å². The van der Waals surface area contributed by atoms with Gasteiger partial charge in [0.1, 0.15) is 0 Å². The Morgan fingerprint density at radius 2 is 1.69 bits per heavy atom. The van der Waals surface area contributed by atoms with E-state index in [2.05, 4.69) is 0 Å². The van der Waals surface area contributed by atoms with Crippen molar-refractivity contribution < 1.29 is 21.6 Å². The highest BCUT2D eigenvalue weighted by molar-refractivity contribution is 7.89. The highest BCUT2D eigenvalue weighted by Gasteiger charge is 2.41. The molecule has 0 saturated carbocycles. The first-order valence-corrected chi connectivity index (χ1v) is 5.94. The quantitative estimate of drug-likeness (QED) is 0.750. The van der Waals surface area contributed by atoms with E-state index in [1.54, 1.807) is 0 Å². The number of sulfonamides is 1. The van der Waals surface area contributed by atoms with Gasteiger partial charge in [-0.15, -0.1) is 0 Å². The molecular formula is C9H8F3NO2S. The van der Waals surface area contributed by atoms with Gasteiger partial charge >= 0.3 is 6.18 Å². The van der Waals surface area contributed by atoms with Gasteiger partial charge in [-0.3, -0.25) is 0 Å². The molecule has 1 heterocycles. The number of halogens is 3. The summed E-state index contributed by atoms with van der Waals surface area (Å²) in [5.74, 6) is 0. The molecule has 0 aromatic heterocycles. The molecule has 1 aliphatic rings. The molecule has 2 rings (SSSR count). The lowest BCUT2D eigenvalue weighted by atomic mass is 10.2. The zero-order valence-electron chi connectivity index (χ0n) is 8.03. The van der Waals surface area contributed by atoms with Crippen molar-refractivity contribution >= 4 is 10.0 Å². The van der Waals surface area contributed by atoms with Crippen LogP contribution in [0.4, 0.5) is 13.2 Å². The van der Waals surface area contributed by atoms with Crippen molar-refractivity contribution in [1.29, 1.82) is 0 Å². The first-order chi connectivity index (χ1) is 7.33. The maximum absolute atomic E-state index is 12.6. The molecule has 0 amide bonds. The lowest BCUT2D eigenvalue weighted by Gasteiger charge is -2.12. The largest absolute Gasteiger partial charge is 0.417 e. The summed E-state index contributed by atoms with van der Waals surface area (Å²) in [6.07, 6.45) is -4.65. The molecular weight excluding hydrogens is 243 g/mol. The molecule has 1 aromatic carbocycles. The van der Waals surface area contributed by atoms with Crippen LogP contribution >= 0.6 is 0 Å².